The van der Waals surface area contributed by atoms with Gasteiger partial charge in [-0.25, -0.2) is 0 Å². The van der Waals surface area contributed by atoms with E-state index in [4.69, 9.17) is 0 Å². The molecule has 2 fully saturated rings. The van der Waals surface area contributed by atoms with Gasteiger partial charge in [-0.05, 0) is 24.8 Å². The number of thioether (sulfide) groups is 1. The molecule has 3 aliphatic heterocycles. The molecule has 1 N–H and O–H groups in total. The lowest BCUT2D eigenvalue weighted by Crippen LogP contribution is -2.65. The molecule has 3 heterocycles. The van der Waals surface area contributed by atoms with Crippen molar-refractivity contribution >= 4 is 37.1 Å². The first kappa shape index (κ1) is 19.7. The van der Waals surface area contributed by atoms with Crippen LogP contribution < -0.4 is 5.32 Å². The highest BCUT2D eigenvalue weighted by molar-refractivity contribution is 8.04. The molecule has 0 radical (unpaired) electrons. The van der Waals surface area contributed by atoms with Crippen LogP contribution in [-0.4, -0.2) is 41.6 Å². The van der Waals surface area contributed by atoms with Gasteiger partial charge in [0.1, 0.15) is 24.8 Å². The Bertz CT molecular complexity index is 695. The summed E-state index contributed by atoms with van der Waals surface area (Å²) >= 11 is 1.67. The molecule has 7 heteroatoms. The van der Waals surface area contributed by atoms with Gasteiger partial charge in [-0.3, -0.25) is 9.59 Å². The molecule has 26 heavy (non-hydrogen) atoms. The van der Waals surface area contributed by atoms with Crippen LogP contribution in [0.3, 0.4) is 0 Å². The number of carbonyl (C=O) groups is 3. The Labute approximate surface area is 161 Å². The molecule has 5 nitrogen and oxygen atoms in total. The molecule has 0 spiro atoms. The number of rotatable bonds is 4. The summed E-state index contributed by atoms with van der Waals surface area (Å²) in [6, 6.07) is 0.150. The molecular formula is C19H30N2O3SSi. The highest BCUT2D eigenvalue weighted by Crippen LogP contribution is 2.52. The summed E-state index contributed by atoms with van der Waals surface area (Å²) in [6.07, 6.45) is 3.28. The van der Waals surface area contributed by atoms with Gasteiger partial charge in [0, 0.05) is 29.5 Å². The summed E-state index contributed by atoms with van der Waals surface area (Å²) in [6.45, 7) is 12.5. The molecule has 3 atom stereocenters. The summed E-state index contributed by atoms with van der Waals surface area (Å²) in [4.78, 5) is 40.6. The van der Waals surface area contributed by atoms with Gasteiger partial charge in [0.15, 0.2) is 0 Å². The second kappa shape index (κ2) is 6.51. The van der Waals surface area contributed by atoms with Crippen LogP contribution >= 0.6 is 11.8 Å². The van der Waals surface area contributed by atoms with Crippen molar-refractivity contribution in [3.8, 4) is 0 Å². The molecular weight excluding hydrogens is 364 g/mol. The fourth-order valence-electron chi connectivity index (χ4n) is 3.76. The van der Waals surface area contributed by atoms with Crippen LogP contribution in [-0.2, 0) is 14.4 Å². The fraction of sp³-hybridized carbons (Fsp3) is 0.737. The number of amides is 2. The van der Waals surface area contributed by atoms with E-state index in [2.05, 4.69) is 39.2 Å². The third kappa shape index (κ3) is 3.07. The van der Waals surface area contributed by atoms with E-state index in [1.165, 1.54) is 0 Å². The summed E-state index contributed by atoms with van der Waals surface area (Å²) < 4.78 is 0. The Hall–Kier alpha value is -1.08. The second-order valence-corrected chi connectivity index (χ2v) is 15.8. The van der Waals surface area contributed by atoms with Crippen LogP contribution in [0.4, 0.5) is 0 Å². The minimum Gasteiger partial charge on any atom is -0.353 e. The van der Waals surface area contributed by atoms with E-state index in [0.717, 1.165) is 29.9 Å². The first-order valence-electron chi connectivity index (χ1n) is 9.48. The quantitative estimate of drug-likeness (QED) is 0.451. The topological polar surface area (TPSA) is 66.5 Å². The van der Waals surface area contributed by atoms with Crippen molar-refractivity contribution in [3.05, 3.63) is 10.6 Å². The zero-order valence-electron chi connectivity index (χ0n) is 16.6. The molecule has 144 valence electrons. The minimum absolute atomic E-state index is 0.0301. The Balaban J connectivity index is 1.72. The summed E-state index contributed by atoms with van der Waals surface area (Å²) in [5, 5.41) is 3.10. The molecule has 2 saturated heterocycles. The lowest BCUT2D eigenvalue weighted by atomic mass is 9.97. The monoisotopic (exact) mass is 394 g/mol. The maximum absolute atomic E-state index is 13.2. The summed E-state index contributed by atoms with van der Waals surface area (Å²) in [5.41, 5.74) is 0.976. The third-order valence-corrected chi connectivity index (χ3v) is 13.4. The molecule has 0 bridgehead atoms. The van der Waals surface area contributed by atoms with Crippen molar-refractivity contribution in [1.29, 1.82) is 0 Å². The van der Waals surface area contributed by atoms with E-state index in [1.807, 2.05) is 6.92 Å². The first-order valence-corrected chi connectivity index (χ1v) is 13.4. The molecule has 0 saturated carbocycles. The molecule has 0 aromatic heterocycles. The smallest absolute Gasteiger partial charge is 0.240 e. The zero-order chi connectivity index (χ0) is 19.4. The van der Waals surface area contributed by atoms with E-state index in [0.29, 0.717) is 6.42 Å². The second-order valence-electron chi connectivity index (χ2n) is 9.30. The number of hydrogen-bond acceptors (Lipinski definition) is 4. The number of piperidine rings is 1. The fourth-order valence-corrected chi connectivity index (χ4v) is 7.28. The van der Waals surface area contributed by atoms with Gasteiger partial charge < -0.3 is 15.0 Å². The van der Waals surface area contributed by atoms with E-state index >= 15 is 0 Å². The Morgan fingerprint density at radius 3 is 2.54 bits per heavy atom. The van der Waals surface area contributed by atoms with E-state index in [9.17, 15) is 14.4 Å². The van der Waals surface area contributed by atoms with Crippen molar-refractivity contribution in [2.24, 2.45) is 5.92 Å². The number of nitrogens with one attached hydrogen (secondary N) is 1. The number of β-lactam (4-membered cyclic amide) rings is 1. The van der Waals surface area contributed by atoms with Gasteiger partial charge in [0.05, 0.1) is 0 Å². The van der Waals surface area contributed by atoms with Crippen molar-refractivity contribution in [2.75, 3.05) is 0 Å². The van der Waals surface area contributed by atoms with Gasteiger partial charge in [0.25, 0.3) is 0 Å². The van der Waals surface area contributed by atoms with Crippen molar-refractivity contribution < 1.29 is 14.4 Å². The number of fused-ring (bicyclic) bond motifs is 1. The maximum atomic E-state index is 13.2. The van der Waals surface area contributed by atoms with Crippen LogP contribution in [0.2, 0.25) is 18.1 Å². The molecule has 3 aliphatic rings. The van der Waals surface area contributed by atoms with Gasteiger partial charge in [-0.1, -0.05) is 33.9 Å². The summed E-state index contributed by atoms with van der Waals surface area (Å²) in [7, 11) is -2.21. The highest BCUT2D eigenvalue weighted by Gasteiger charge is 2.60. The van der Waals surface area contributed by atoms with Crippen LogP contribution in [0, 0.1) is 5.92 Å². The lowest BCUT2D eigenvalue weighted by molar-refractivity contribution is -0.150. The third-order valence-electron chi connectivity index (χ3n) is 6.60. The highest BCUT2D eigenvalue weighted by atomic mass is 32.2. The van der Waals surface area contributed by atoms with E-state index in [-0.39, 0.29) is 33.7 Å². The molecule has 0 aromatic rings. The van der Waals surface area contributed by atoms with E-state index < -0.39 is 14.0 Å². The number of nitrogens with zero attached hydrogens (tertiary/aromatic N) is 1. The molecule has 0 unspecified atom stereocenters. The van der Waals surface area contributed by atoms with Crippen molar-refractivity contribution in [3.63, 3.8) is 0 Å². The van der Waals surface area contributed by atoms with Crippen LogP contribution in [0.5, 0.6) is 0 Å². The number of allylic oxidation sites excluding steroid dienone is 1. The predicted octanol–water partition coefficient (Wildman–Crippen LogP) is 3.42. The Kier molecular flexibility index (Phi) is 4.93. The Morgan fingerprint density at radius 1 is 1.31 bits per heavy atom. The lowest BCUT2D eigenvalue weighted by Gasteiger charge is -2.46. The number of hydrogen-bond donors (Lipinski definition) is 1. The predicted molar refractivity (Wildman–Crippen MR) is 107 cm³/mol. The minimum atomic E-state index is -2.21. The van der Waals surface area contributed by atoms with Crippen molar-refractivity contribution in [1.82, 2.24) is 10.2 Å². The average Bonchev–Trinajstić information content (AvgIpc) is 2.78. The molecule has 2 amide bonds. The van der Waals surface area contributed by atoms with Crippen LogP contribution in [0.1, 0.15) is 53.4 Å². The van der Waals surface area contributed by atoms with Gasteiger partial charge in [-0.15, -0.1) is 11.8 Å². The standard InChI is InChI=1S/C19H30N2O3SSi/c1-11-13(10-12-8-7-9-14(22)20-12)25-17-15(16(23)21(11)17)18(24)26(5,6)19(2,3)4/h12,15,17H,7-10H2,1-6H3,(H,20,22)/t12-,15+,17+/m0/s1. The normalized spacial score (nSPS) is 29.5. The Morgan fingerprint density at radius 2 is 1.96 bits per heavy atom. The van der Waals surface area contributed by atoms with Gasteiger partial charge >= 0.3 is 0 Å². The van der Waals surface area contributed by atoms with Gasteiger partial charge in [-0.2, -0.15) is 0 Å². The molecule has 3 rings (SSSR count). The van der Waals surface area contributed by atoms with Gasteiger partial charge in [0.2, 0.25) is 11.8 Å². The largest absolute Gasteiger partial charge is 0.353 e. The first-order chi connectivity index (χ1) is 11.9. The summed E-state index contributed by atoms with van der Waals surface area (Å²) in [5.74, 6) is -0.403. The number of carbonyl (C=O) groups excluding carboxylic acids is 3. The maximum Gasteiger partial charge on any atom is 0.240 e. The average molecular weight is 395 g/mol. The van der Waals surface area contributed by atoms with Crippen LogP contribution in [0.15, 0.2) is 10.6 Å². The molecule has 0 aromatic carbocycles. The van der Waals surface area contributed by atoms with Crippen LogP contribution in [0.25, 0.3) is 0 Å². The zero-order valence-corrected chi connectivity index (χ0v) is 18.5. The SMILES string of the molecule is CC1=C(C[C@@H]2CCCC(=O)N2)S[C@@H]2[C@H](C(=O)[Si](C)(C)C(C)(C)C)C(=O)N12. The van der Waals surface area contributed by atoms with Crippen molar-refractivity contribution in [2.45, 2.75) is 82.9 Å². The molecule has 0 aliphatic carbocycles. The van der Waals surface area contributed by atoms with E-state index in [1.54, 1.807) is 16.7 Å².